The van der Waals surface area contributed by atoms with Crippen molar-refractivity contribution in [1.29, 1.82) is 0 Å². The Balaban J connectivity index is 1.67. The van der Waals surface area contributed by atoms with Crippen molar-refractivity contribution < 1.29 is 23.8 Å². The van der Waals surface area contributed by atoms with E-state index in [0.29, 0.717) is 32.3 Å². The smallest absolute Gasteiger partial charge is 0.344 e. The SMILES string of the molecule is CCOc1cc(C=Nn2c(-c3cc4cc(Br)ccc4o3)nc3ccccc3c2=O)c(Br)c(Cl)c1O[C@@H](C)C(=O)O. The second-order valence-electron chi connectivity index (χ2n) is 8.56. The van der Waals surface area contributed by atoms with Crippen LogP contribution in [0.1, 0.15) is 19.4 Å². The van der Waals surface area contributed by atoms with Crippen LogP contribution in [0, 0.1) is 0 Å². The van der Waals surface area contributed by atoms with Crippen molar-refractivity contribution in [2.75, 3.05) is 6.61 Å². The summed E-state index contributed by atoms with van der Waals surface area (Å²) in [5, 5.41) is 15.1. The molecule has 0 fully saturated rings. The van der Waals surface area contributed by atoms with Crippen molar-refractivity contribution in [3.8, 4) is 23.1 Å². The predicted octanol–water partition coefficient (Wildman–Crippen LogP) is 7.12. The van der Waals surface area contributed by atoms with Crippen LogP contribution in [-0.4, -0.2) is 39.7 Å². The molecule has 1 atom stereocenters. The number of carboxylic acids is 1. The average molecular weight is 690 g/mol. The second-order valence-corrected chi connectivity index (χ2v) is 10.6. The molecular weight excluding hydrogens is 670 g/mol. The van der Waals surface area contributed by atoms with Crippen molar-refractivity contribution in [2.24, 2.45) is 5.10 Å². The summed E-state index contributed by atoms with van der Waals surface area (Å²) in [6, 6.07) is 15.9. The molecule has 0 unspecified atom stereocenters. The fourth-order valence-corrected chi connectivity index (χ4v) is 4.96. The molecule has 0 spiro atoms. The highest BCUT2D eigenvalue weighted by Crippen LogP contribution is 2.43. The van der Waals surface area contributed by atoms with Crippen LogP contribution < -0.4 is 15.0 Å². The zero-order chi connectivity index (χ0) is 28.6. The number of carbonyl (C=O) groups is 1. The maximum absolute atomic E-state index is 13.6. The van der Waals surface area contributed by atoms with E-state index < -0.39 is 17.6 Å². The number of aliphatic carboxylic acids is 1. The topological polar surface area (TPSA) is 116 Å². The van der Waals surface area contributed by atoms with Gasteiger partial charge in [0.25, 0.3) is 5.56 Å². The van der Waals surface area contributed by atoms with Crippen molar-refractivity contribution in [2.45, 2.75) is 20.0 Å². The van der Waals surface area contributed by atoms with Gasteiger partial charge >= 0.3 is 5.97 Å². The summed E-state index contributed by atoms with van der Waals surface area (Å²) < 4.78 is 19.7. The Bertz CT molecular complexity index is 1870. The van der Waals surface area contributed by atoms with Crippen LogP contribution in [0.5, 0.6) is 11.5 Å². The van der Waals surface area contributed by atoms with Gasteiger partial charge in [-0.25, -0.2) is 9.78 Å². The molecule has 0 aliphatic rings. The van der Waals surface area contributed by atoms with Gasteiger partial charge in [-0.3, -0.25) is 4.79 Å². The minimum atomic E-state index is -1.17. The molecule has 0 saturated carbocycles. The van der Waals surface area contributed by atoms with E-state index in [4.69, 9.17) is 30.5 Å². The summed E-state index contributed by atoms with van der Waals surface area (Å²) in [5.74, 6) is -0.311. The monoisotopic (exact) mass is 687 g/mol. The first-order chi connectivity index (χ1) is 19.2. The van der Waals surface area contributed by atoms with Crippen molar-refractivity contribution in [3.63, 3.8) is 0 Å². The van der Waals surface area contributed by atoms with Gasteiger partial charge in [-0.15, -0.1) is 0 Å². The third kappa shape index (κ3) is 5.36. The lowest BCUT2D eigenvalue weighted by Crippen LogP contribution is -2.23. The lowest BCUT2D eigenvalue weighted by Gasteiger charge is -2.18. The van der Waals surface area contributed by atoms with Gasteiger partial charge < -0.3 is 19.0 Å². The van der Waals surface area contributed by atoms with Crippen molar-refractivity contribution in [3.05, 3.63) is 84.5 Å². The van der Waals surface area contributed by atoms with Crippen molar-refractivity contribution in [1.82, 2.24) is 9.66 Å². The number of para-hydroxylation sites is 1. The van der Waals surface area contributed by atoms with E-state index in [1.54, 1.807) is 43.3 Å². The molecule has 0 saturated heterocycles. The number of fused-ring (bicyclic) bond motifs is 2. The molecular formula is C28H20Br2ClN3O6. The maximum atomic E-state index is 13.6. The first-order valence-corrected chi connectivity index (χ1v) is 13.9. The standard InChI is InChI=1S/C28H20Br2ClN3O6/c1-3-38-21-12-16(23(30)24(31)25(21)39-14(2)28(36)37)13-32-34-26(33-19-7-5-4-6-18(19)27(34)35)22-11-15-10-17(29)8-9-20(15)40-22/h4-14H,3H2,1-2H3,(H,36,37)/t14-/m0/s1. The summed E-state index contributed by atoms with van der Waals surface area (Å²) in [6.45, 7) is 3.42. The van der Waals surface area contributed by atoms with Crippen molar-refractivity contribution >= 4 is 77.5 Å². The van der Waals surface area contributed by atoms with E-state index in [1.165, 1.54) is 13.1 Å². The van der Waals surface area contributed by atoms with Crippen LogP contribution in [-0.2, 0) is 4.79 Å². The van der Waals surface area contributed by atoms with Crippen LogP contribution in [0.3, 0.4) is 0 Å². The number of hydrogen-bond donors (Lipinski definition) is 1. The van der Waals surface area contributed by atoms with E-state index in [9.17, 15) is 14.7 Å². The zero-order valence-electron chi connectivity index (χ0n) is 21.0. The van der Waals surface area contributed by atoms with Gasteiger partial charge in [0.1, 0.15) is 10.6 Å². The van der Waals surface area contributed by atoms with Gasteiger partial charge in [0.2, 0.25) is 5.82 Å². The first kappa shape index (κ1) is 27.9. The largest absolute Gasteiger partial charge is 0.490 e. The number of hydrogen-bond acceptors (Lipinski definition) is 7. The Morgan fingerprint density at radius 1 is 1.23 bits per heavy atom. The molecule has 2 heterocycles. The Kier molecular flexibility index (Phi) is 7.97. The summed E-state index contributed by atoms with van der Waals surface area (Å²) in [4.78, 5) is 29.6. The first-order valence-electron chi connectivity index (χ1n) is 12.0. The lowest BCUT2D eigenvalue weighted by molar-refractivity contribution is -0.144. The number of nitrogens with zero attached hydrogens (tertiary/aromatic N) is 3. The number of carboxylic acid groups (broad SMARTS) is 1. The van der Waals surface area contributed by atoms with E-state index >= 15 is 0 Å². The van der Waals surface area contributed by atoms with Gasteiger partial charge in [0, 0.05) is 19.9 Å². The molecule has 204 valence electrons. The number of benzene rings is 3. The number of furan rings is 1. The quantitative estimate of drug-likeness (QED) is 0.173. The lowest BCUT2D eigenvalue weighted by atomic mass is 10.2. The molecule has 5 rings (SSSR count). The molecule has 9 nitrogen and oxygen atoms in total. The van der Waals surface area contributed by atoms with Gasteiger partial charge in [-0.1, -0.05) is 39.7 Å². The van der Waals surface area contributed by atoms with E-state index in [-0.39, 0.29) is 29.0 Å². The molecule has 12 heteroatoms. The zero-order valence-corrected chi connectivity index (χ0v) is 24.9. The number of rotatable bonds is 8. The minimum absolute atomic E-state index is 0.0705. The fourth-order valence-electron chi connectivity index (χ4n) is 3.93. The highest BCUT2D eigenvalue weighted by atomic mass is 79.9. The molecule has 0 radical (unpaired) electrons. The Hall–Kier alpha value is -3.67. The molecule has 0 aliphatic heterocycles. The van der Waals surface area contributed by atoms with Gasteiger partial charge in [-0.2, -0.15) is 9.78 Å². The highest BCUT2D eigenvalue weighted by Gasteiger charge is 2.23. The summed E-state index contributed by atoms with van der Waals surface area (Å²) >= 11 is 13.5. The summed E-state index contributed by atoms with van der Waals surface area (Å²) in [5.41, 5.74) is 1.16. The number of ether oxygens (including phenoxy) is 2. The molecule has 3 aromatic carbocycles. The second kappa shape index (κ2) is 11.4. The van der Waals surface area contributed by atoms with Crippen LogP contribution in [0.2, 0.25) is 5.02 Å². The number of halogens is 3. The summed E-state index contributed by atoms with van der Waals surface area (Å²) in [6.07, 6.45) is 0.251. The van der Waals surface area contributed by atoms with Crippen LogP contribution in [0.4, 0.5) is 0 Å². The normalized spacial score (nSPS) is 12.3. The predicted molar refractivity (Wildman–Crippen MR) is 160 cm³/mol. The van der Waals surface area contributed by atoms with Crippen LogP contribution in [0.15, 0.2) is 77.9 Å². The molecule has 0 aliphatic carbocycles. The molecule has 40 heavy (non-hydrogen) atoms. The Labute approximate surface area is 249 Å². The third-order valence-corrected chi connectivity index (χ3v) is 7.80. The Morgan fingerprint density at radius 2 is 2.00 bits per heavy atom. The fraction of sp³-hybridized carbons (Fsp3) is 0.143. The van der Waals surface area contributed by atoms with E-state index in [1.807, 2.05) is 18.2 Å². The Morgan fingerprint density at radius 3 is 2.75 bits per heavy atom. The van der Waals surface area contributed by atoms with Gasteiger partial charge in [0.15, 0.2) is 23.4 Å². The minimum Gasteiger partial charge on any atom is -0.490 e. The molecule has 0 amide bonds. The van der Waals surface area contributed by atoms with E-state index in [0.717, 1.165) is 14.5 Å². The van der Waals surface area contributed by atoms with Gasteiger partial charge in [-0.05, 0) is 72.2 Å². The molecule has 0 bridgehead atoms. The molecule has 5 aromatic rings. The summed E-state index contributed by atoms with van der Waals surface area (Å²) in [7, 11) is 0. The molecule has 2 aromatic heterocycles. The highest BCUT2D eigenvalue weighted by molar-refractivity contribution is 9.10. The average Bonchev–Trinajstić information content (AvgIpc) is 3.35. The van der Waals surface area contributed by atoms with E-state index in [2.05, 4.69) is 37.0 Å². The molecule has 1 N–H and O–H groups in total. The van der Waals surface area contributed by atoms with Crippen LogP contribution in [0.25, 0.3) is 33.5 Å². The van der Waals surface area contributed by atoms with Gasteiger partial charge in [0.05, 0.1) is 23.7 Å². The van der Waals surface area contributed by atoms with Crippen LogP contribution >= 0.6 is 43.5 Å². The third-order valence-electron chi connectivity index (χ3n) is 5.86. The number of aromatic nitrogens is 2. The maximum Gasteiger partial charge on any atom is 0.344 e.